The summed E-state index contributed by atoms with van der Waals surface area (Å²) < 4.78 is 40.4. The van der Waals surface area contributed by atoms with Gasteiger partial charge in [0, 0.05) is 52.0 Å². The van der Waals surface area contributed by atoms with Crippen LogP contribution >= 0.6 is 0 Å². The Morgan fingerprint density at radius 1 is 0.381 bits per heavy atom. The van der Waals surface area contributed by atoms with Gasteiger partial charge in [0.2, 0.25) is 0 Å². The Balaban J connectivity index is 1.38. The molecule has 9 heteroatoms. The Hall–Kier alpha value is -5.61. The first-order valence-corrected chi connectivity index (χ1v) is 21.9. The summed E-state index contributed by atoms with van der Waals surface area (Å²) in [5.41, 5.74) is 11.1. The lowest BCUT2D eigenvalue weighted by Crippen LogP contribution is -2.16. The van der Waals surface area contributed by atoms with Crippen molar-refractivity contribution in [1.29, 1.82) is 0 Å². The van der Waals surface area contributed by atoms with Gasteiger partial charge in [-0.3, -0.25) is 15.0 Å². The van der Waals surface area contributed by atoms with Crippen LogP contribution in [0.3, 0.4) is 0 Å². The predicted molar refractivity (Wildman–Crippen MR) is 247 cm³/mol. The highest BCUT2D eigenvalue weighted by atomic mass is 16.5. The number of rotatable bonds is 9. The lowest BCUT2D eigenvalue weighted by molar-refractivity contribution is 0.0892. The lowest BCUT2D eigenvalue weighted by Gasteiger charge is -2.26. The Morgan fingerprint density at radius 2 is 0.619 bits per heavy atom. The molecule has 1 aliphatic rings. The molecular formula is C54H63N3O6. The van der Waals surface area contributed by atoms with E-state index in [2.05, 4.69) is 114 Å². The van der Waals surface area contributed by atoms with Crippen LogP contribution in [0.5, 0.6) is 17.2 Å². The van der Waals surface area contributed by atoms with E-state index < -0.39 is 0 Å². The van der Waals surface area contributed by atoms with Crippen LogP contribution in [0.4, 0.5) is 0 Å². The Bertz CT molecular complexity index is 2090. The SMILES string of the molecule is CC(C)(C)c1cc2c(OCc3ccccn3)c(c1)COCc1cc(C(C)(C)C)cc(c1OCc1ccccn1)COCc1cc(C(C)(C)C)cc(c1OCc1ccccn1)COC2. The number of aromatic nitrogens is 3. The standard InChI is InChI=1S/C54H63N3O6/c1-52(2,3)43-22-37-28-58-30-39-24-44(53(4,5)6)26-41(50(39)62-35-47-17-11-14-20-56-47)32-60-33-42-27-45(54(7,8)9)25-40(51(42)63-36-48-18-12-15-21-57-48)31-59-29-38(23-43)49(37)61-34-46-16-10-13-19-55-46/h10-27H,28-36H2,1-9H3. The van der Waals surface area contributed by atoms with E-state index in [-0.39, 0.29) is 16.2 Å². The molecule has 0 saturated carbocycles. The summed E-state index contributed by atoms with van der Waals surface area (Å²) in [6.45, 7) is 22.7. The lowest BCUT2D eigenvalue weighted by atomic mass is 9.84. The van der Waals surface area contributed by atoms with Gasteiger partial charge in [0.05, 0.1) is 56.7 Å². The van der Waals surface area contributed by atoms with E-state index in [1.54, 1.807) is 18.6 Å². The Kier molecular flexibility index (Phi) is 14.3. The molecule has 3 aromatic heterocycles. The van der Waals surface area contributed by atoms with Gasteiger partial charge in [0.1, 0.15) is 37.1 Å². The summed E-state index contributed by atoms with van der Waals surface area (Å²) >= 11 is 0. The zero-order valence-electron chi connectivity index (χ0n) is 38.5. The van der Waals surface area contributed by atoms with Crippen LogP contribution in [0.1, 0.15) is 129 Å². The molecule has 0 radical (unpaired) electrons. The minimum atomic E-state index is -0.162. The maximum absolute atomic E-state index is 6.74. The molecule has 0 amide bonds. The van der Waals surface area contributed by atoms with Gasteiger partial charge in [-0.2, -0.15) is 0 Å². The van der Waals surface area contributed by atoms with Crippen LogP contribution in [-0.4, -0.2) is 15.0 Å². The summed E-state index contributed by atoms with van der Waals surface area (Å²) in [7, 11) is 0. The van der Waals surface area contributed by atoms with E-state index in [0.717, 1.165) is 84.4 Å². The molecule has 0 spiro atoms. The third kappa shape index (κ3) is 12.1. The molecule has 6 bridgehead atoms. The van der Waals surface area contributed by atoms with Crippen LogP contribution in [0, 0.1) is 0 Å². The molecule has 3 aromatic carbocycles. The fourth-order valence-electron chi connectivity index (χ4n) is 7.46. The second kappa shape index (κ2) is 19.8. The number of hydrogen-bond donors (Lipinski definition) is 0. The molecule has 0 atom stereocenters. The zero-order chi connectivity index (χ0) is 44.6. The van der Waals surface area contributed by atoms with Gasteiger partial charge in [-0.25, -0.2) is 0 Å². The average molecular weight is 850 g/mol. The zero-order valence-corrected chi connectivity index (χ0v) is 38.5. The van der Waals surface area contributed by atoms with Gasteiger partial charge < -0.3 is 28.4 Å². The number of nitrogens with zero attached hydrogens (tertiary/aromatic N) is 3. The molecule has 0 fully saturated rings. The first-order valence-electron chi connectivity index (χ1n) is 21.9. The fraction of sp³-hybridized carbons (Fsp3) is 0.389. The van der Waals surface area contributed by atoms with Crippen LogP contribution in [-0.2, 0) is 89.9 Å². The molecule has 0 saturated heterocycles. The smallest absolute Gasteiger partial charge is 0.130 e. The van der Waals surface area contributed by atoms with Crippen LogP contribution in [0.2, 0.25) is 0 Å². The third-order valence-electron chi connectivity index (χ3n) is 11.1. The van der Waals surface area contributed by atoms with Gasteiger partial charge in [-0.15, -0.1) is 0 Å². The van der Waals surface area contributed by atoms with Crippen LogP contribution in [0.25, 0.3) is 0 Å². The average Bonchev–Trinajstić information content (AvgIpc) is 3.24. The summed E-state index contributed by atoms with van der Waals surface area (Å²) in [5, 5.41) is 0. The molecule has 9 nitrogen and oxygen atoms in total. The monoisotopic (exact) mass is 849 g/mol. The van der Waals surface area contributed by atoms with E-state index in [1.807, 2.05) is 54.6 Å². The van der Waals surface area contributed by atoms with Crippen molar-refractivity contribution in [2.24, 2.45) is 0 Å². The van der Waals surface area contributed by atoms with Gasteiger partial charge >= 0.3 is 0 Å². The van der Waals surface area contributed by atoms with Crippen molar-refractivity contribution in [3.8, 4) is 17.2 Å². The molecule has 7 rings (SSSR count). The van der Waals surface area contributed by atoms with E-state index >= 15 is 0 Å². The van der Waals surface area contributed by atoms with Gasteiger partial charge in [0.15, 0.2) is 0 Å². The van der Waals surface area contributed by atoms with Gasteiger partial charge in [-0.1, -0.05) is 80.5 Å². The minimum absolute atomic E-state index is 0.162. The predicted octanol–water partition coefficient (Wildman–Crippen LogP) is 12.0. The van der Waals surface area contributed by atoms with E-state index in [0.29, 0.717) is 59.5 Å². The molecule has 4 heterocycles. The van der Waals surface area contributed by atoms with Crippen molar-refractivity contribution in [3.05, 3.63) is 177 Å². The maximum Gasteiger partial charge on any atom is 0.130 e. The number of pyridine rings is 3. The fourth-order valence-corrected chi connectivity index (χ4v) is 7.46. The highest BCUT2D eigenvalue weighted by Crippen LogP contribution is 2.39. The molecule has 0 unspecified atom stereocenters. The van der Waals surface area contributed by atoms with Gasteiger partial charge in [-0.05, 0) is 106 Å². The van der Waals surface area contributed by atoms with Crippen molar-refractivity contribution < 1.29 is 28.4 Å². The highest BCUT2D eigenvalue weighted by Gasteiger charge is 2.25. The molecular weight excluding hydrogens is 787 g/mol. The van der Waals surface area contributed by atoms with E-state index in [4.69, 9.17) is 28.4 Å². The van der Waals surface area contributed by atoms with Crippen LogP contribution < -0.4 is 14.2 Å². The van der Waals surface area contributed by atoms with E-state index in [1.165, 1.54) is 0 Å². The summed E-state index contributed by atoms with van der Waals surface area (Å²) in [6.07, 6.45) is 5.36. The van der Waals surface area contributed by atoms with Crippen molar-refractivity contribution in [2.45, 2.75) is 138 Å². The molecule has 0 N–H and O–H groups in total. The number of fused-ring (bicyclic) bond motifs is 6. The first kappa shape index (κ1) is 45.4. The van der Waals surface area contributed by atoms with Crippen molar-refractivity contribution in [1.82, 2.24) is 15.0 Å². The van der Waals surface area contributed by atoms with Crippen molar-refractivity contribution in [2.75, 3.05) is 0 Å². The largest absolute Gasteiger partial charge is 0.487 e. The van der Waals surface area contributed by atoms with Crippen LogP contribution in [0.15, 0.2) is 110 Å². The number of ether oxygens (including phenoxy) is 6. The normalized spacial score (nSPS) is 14.0. The van der Waals surface area contributed by atoms with Crippen molar-refractivity contribution in [3.63, 3.8) is 0 Å². The summed E-state index contributed by atoms with van der Waals surface area (Å²) in [5.74, 6) is 2.19. The molecule has 330 valence electrons. The third-order valence-corrected chi connectivity index (χ3v) is 11.1. The summed E-state index contributed by atoms with van der Waals surface area (Å²) in [6, 6.07) is 30.8. The Morgan fingerprint density at radius 3 is 0.810 bits per heavy atom. The number of benzene rings is 3. The van der Waals surface area contributed by atoms with Crippen molar-refractivity contribution >= 4 is 0 Å². The topological polar surface area (TPSA) is 94.1 Å². The highest BCUT2D eigenvalue weighted by molar-refractivity contribution is 5.49. The molecule has 1 aliphatic heterocycles. The second-order valence-corrected chi connectivity index (χ2v) is 19.4. The minimum Gasteiger partial charge on any atom is -0.487 e. The van der Waals surface area contributed by atoms with Gasteiger partial charge in [0.25, 0.3) is 0 Å². The second-order valence-electron chi connectivity index (χ2n) is 19.4. The summed E-state index contributed by atoms with van der Waals surface area (Å²) in [4.78, 5) is 13.7. The number of hydrogen-bond acceptors (Lipinski definition) is 9. The maximum atomic E-state index is 6.74. The quantitative estimate of drug-likeness (QED) is 0.141. The molecule has 0 aliphatic carbocycles. The molecule has 63 heavy (non-hydrogen) atoms. The Labute approximate surface area is 374 Å². The molecule has 6 aromatic rings. The first-order chi connectivity index (χ1) is 30.1. The van der Waals surface area contributed by atoms with E-state index in [9.17, 15) is 0 Å².